The van der Waals surface area contributed by atoms with Crippen LogP contribution in [-0.4, -0.2) is 302 Å². The van der Waals surface area contributed by atoms with Crippen molar-refractivity contribution in [2.24, 2.45) is 0 Å². The zero-order chi connectivity index (χ0) is 90.6. The van der Waals surface area contributed by atoms with Crippen molar-refractivity contribution in [3.63, 3.8) is 0 Å². The van der Waals surface area contributed by atoms with Gasteiger partial charge in [-0.25, -0.2) is 52.2 Å². The summed E-state index contributed by atoms with van der Waals surface area (Å²) in [6.07, 6.45) is -44.4. The number of nitrogens with zero attached hydrogens (tertiary/aromatic N) is 15. The summed E-state index contributed by atoms with van der Waals surface area (Å²) in [7, 11) is -29.4. The van der Waals surface area contributed by atoms with Crippen molar-refractivity contribution in [2.45, 2.75) is 147 Å². The number of anilines is 6. The lowest BCUT2D eigenvalue weighted by Gasteiger charge is -2.27. The van der Waals surface area contributed by atoms with E-state index < -0.39 is 300 Å². The van der Waals surface area contributed by atoms with E-state index in [1.54, 1.807) is 0 Å². The molecular weight excluding hydrogens is 1820 g/mol. The van der Waals surface area contributed by atoms with Crippen LogP contribution in [0.15, 0.2) is 84.5 Å². The van der Waals surface area contributed by atoms with Gasteiger partial charge in [-0.2, -0.15) is 29.9 Å². The monoisotopic (exact) mass is 1890 g/mol. The summed E-state index contributed by atoms with van der Waals surface area (Å²) in [4.78, 5) is 174. The lowest BCUT2D eigenvalue weighted by Crippen LogP contribution is -2.39. The van der Waals surface area contributed by atoms with Gasteiger partial charge in [0.15, 0.2) is 65.3 Å². The Balaban J connectivity index is 0.657. The second kappa shape index (κ2) is 35.2. The molecule has 6 aliphatic rings. The molecule has 15 heterocycles. The van der Waals surface area contributed by atoms with Crippen LogP contribution < -0.4 is 68.1 Å². The van der Waals surface area contributed by atoms with Crippen molar-refractivity contribution in [2.75, 3.05) is 74.0 Å². The van der Waals surface area contributed by atoms with Crippen LogP contribution in [0.5, 0.6) is 0 Å². The Hall–Kier alpha value is -9.52. The Morgan fingerprint density at radius 1 is 0.365 bits per heavy atom. The van der Waals surface area contributed by atoms with Crippen LogP contribution >= 0.6 is 39.1 Å². The van der Waals surface area contributed by atoms with Crippen LogP contribution in [0.3, 0.4) is 0 Å². The molecule has 0 aliphatic carbocycles. The molecule has 29 atom stereocenters. The number of ether oxygens (including phenoxy) is 6. The number of fused-ring (bicyclic) bond motifs is 3. The Morgan fingerprint density at radius 3 is 1.04 bits per heavy atom. The van der Waals surface area contributed by atoms with Gasteiger partial charge in [-0.3, -0.25) is 102 Å². The number of aromatic nitrogens is 18. The number of imidazole rings is 3. The van der Waals surface area contributed by atoms with Gasteiger partial charge in [0.2, 0.25) is 17.8 Å². The molecule has 28 N–H and O–H groups in total. The highest BCUT2D eigenvalue weighted by atomic mass is 31.2. The van der Waals surface area contributed by atoms with Gasteiger partial charge in [0.05, 0.1) is 58.6 Å². The first-order valence-electron chi connectivity index (χ1n) is 36.2. The maximum absolute atomic E-state index is 14.5. The molecule has 6 saturated heterocycles. The number of rotatable bonds is 32. The van der Waals surface area contributed by atoms with Gasteiger partial charge in [-0.1, -0.05) is 0 Å². The first-order valence-corrected chi connectivity index (χ1v) is 43.6. The quantitative estimate of drug-likeness (QED) is 0.0174. The van der Waals surface area contributed by atoms with Gasteiger partial charge in [-0.15, -0.1) is 0 Å². The van der Waals surface area contributed by atoms with E-state index in [-0.39, 0.29) is 28.3 Å². The van der Waals surface area contributed by atoms with E-state index in [1.165, 1.54) is 0 Å². The van der Waals surface area contributed by atoms with Gasteiger partial charge < -0.3 is 128 Å². The summed E-state index contributed by atoms with van der Waals surface area (Å²) >= 11 is 0. The third-order valence-electron chi connectivity index (χ3n) is 19.9. The number of hydrogen-bond acceptors (Lipinski definition) is 50. The number of H-pyrrole nitrogens is 3. The maximum Gasteiger partial charge on any atom is 0.472 e. The highest BCUT2D eigenvalue weighted by Gasteiger charge is 2.58. The maximum atomic E-state index is 14.5. The lowest BCUT2D eigenvalue weighted by atomic mass is 10.1. The van der Waals surface area contributed by atoms with Gasteiger partial charge in [0, 0.05) is 24.7 Å². The molecule has 9 aromatic heterocycles. The molecule has 0 radical (unpaired) electrons. The molecule has 69 heteroatoms. The van der Waals surface area contributed by atoms with Crippen LogP contribution in [0.25, 0.3) is 33.5 Å². The van der Waals surface area contributed by atoms with Crippen molar-refractivity contribution >= 4 is 108 Å². The topological polar surface area (TPSA) is 948 Å². The van der Waals surface area contributed by atoms with Crippen LogP contribution in [0.2, 0.25) is 0 Å². The predicted octanol–water partition coefficient (Wildman–Crippen LogP) is -9.94. The summed E-state index contributed by atoms with van der Waals surface area (Å²) in [5.74, 6) is -2.61. The smallest absolute Gasteiger partial charge is 0.394 e. The fourth-order valence-electron chi connectivity index (χ4n) is 14.2. The summed E-state index contributed by atoms with van der Waals surface area (Å²) in [6, 6.07) is 2.97. The minimum atomic E-state index is -6.04. The zero-order valence-electron chi connectivity index (χ0n) is 63.0. The number of phosphoric ester groups is 5. The number of aromatic amines is 3. The molecule has 6 fully saturated rings. The third kappa shape index (κ3) is 18.6. The number of nitrogens with one attached hydrogen (secondary N) is 3. The van der Waals surface area contributed by atoms with Crippen molar-refractivity contribution in [3.05, 3.63) is 118 Å². The molecule has 0 spiro atoms. The minimum Gasteiger partial charge on any atom is -0.394 e. The SMILES string of the molecule is Nc1ccn([C@@H]2O[C@H](COP(=O)(O)O[C@H]3[C@@H](O)[C@H](n4cnc5c(=O)[nH]c(N)nc54)O[C@@H]3COP(=O)(O)O[C@H]3[C@@H](O)[C@H](n4ccc(=O)nc4N)O[C@@H]3COP(=O)(O)O[C@H]3[C@@H](O)[C@H](n4cnc5c(N)[nH]c(=O)nc54)O[C@@H]3COP(=O)(O)O[C@H]3[C@@H](O)[C@H](n4ccc(N)nc4=O)O[C@@H]3COP(=O)(O)O[C@H]3[C@@H](O)[C@H](n4cnc5c(=O)[nH]c(N)nc54)O[C@@H]3CO)[C@@H](O)[C@H]2O)c(=O)n1. The minimum absolute atomic E-state index is 0.228. The number of phosphoric acid groups is 5. The zero-order valence-corrected chi connectivity index (χ0v) is 67.5. The van der Waals surface area contributed by atoms with Crippen molar-refractivity contribution in [1.29, 1.82) is 0 Å². The molecule has 686 valence electrons. The fraction of sp³-hybridized carbons (Fsp3) is 0.526. The Labute approximate surface area is 694 Å². The molecule has 64 nitrogen and oxygen atoms in total. The van der Waals surface area contributed by atoms with Crippen LogP contribution in [0, 0.1) is 0 Å². The van der Waals surface area contributed by atoms with Gasteiger partial charge in [0.1, 0.15) is 133 Å². The number of aliphatic hydroxyl groups is 8. The highest BCUT2D eigenvalue weighted by molar-refractivity contribution is 7.48. The van der Waals surface area contributed by atoms with E-state index >= 15 is 0 Å². The Morgan fingerprint density at radius 2 is 0.675 bits per heavy atom. The largest absolute Gasteiger partial charge is 0.472 e. The fourth-order valence-corrected chi connectivity index (χ4v) is 19.0. The van der Waals surface area contributed by atoms with E-state index in [4.69, 9.17) is 108 Å². The molecule has 0 bridgehead atoms. The molecule has 9 aromatic rings. The molecule has 15 rings (SSSR count). The van der Waals surface area contributed by atoms with Gasteiger partial charge >= 0.3 is 56.2 Å². The molecule has 6 aliphatic heterocycles. The standard InChI is InChI=1S/C57H73N24O40P5/c58-22-1-4-77(56(94)67-22)46-29(85)28(84)17(112-46)8-106-122(96,97)120-39-21(116-51(34(39)90)81-15-66-27-43(81)72-53(62)75-45(27)92)12-109-124(100,101)118-36-18(113-47(31(36)87)76-6-3-24(83)69-54(76)63)9-108-126(104,105)121-38-20(115-50(33(38)89)79-13-64-25-40(60)70-55(93)73-41(25)79)11-110-125(102,103)119-37-19(114-48(32(37)88)78-5-2-23(59)68-57(78)95)10-107-123(98,99)117-35-16(7-82)111-49(30(35)86)80-14-65-26-42(80)71-52(61)74-44(26)91/h1-6,13-21,28-39,46-51,82,84-90H,7-12H2,(H,96,97)(H,98,99)(H,100,101)(H,102,103)(H,104,105)(H2,58,67,94)(H2,59,68,95)(H2,63,69,83)(H3,60,70,73,93)(H3,61,71,74,91)(H3,62,72,75,92)/t16-,17-,18-,19-,20-,21-,28-,29-,30-,31-,32-,33-,34-,35-,36-,37-,38-,39-,46-,47-,48-,49-,50-,51-/m1/s1. The molecule has 0 amide bonds. The predicted molar refractivity (Wildman–Crippen MR) is 402 cm³/mol. The van der Waals surface area contributed by atoms with Gasteiger partial charge in [-0.05, 0) is 12.1 Å². The first-order chi connectivity index (χ1) is 59.3. The van der Waals surface area contributed by atoms with Crippen LogP contribution in [-0.2, 0) is 96.5 Å². The third-order valence-corrected chi connectivity index (χ3v) is 24.9. The summed E-state index contributed by atoms with van der Waals surface area (Å²) in [5.41, 5.74) is 26.6. The van der Waals surface area contributed by atoms with E-state index in [0.29, 0.717) is 4.57 Å². The normalized spacial score (nSPS) is 32.4. The second-order valence-corrected chi connectivity index (χ2v) is 35.2. The average Bonchev–Trinajstić information content (AvgIpc) is 1.62. The highest BCUT2D eigenvalue weighted by Crippen LogP contribution is 2.57. The number of nitrogens with two attached hydrogens (primary N) is 6. The summed E-state index contributed by atoms with van der Waals surface area (Å²) < 4.78 is 164. The second-order valence-electron chi connectivity index (χ2n) is 28.1. The van der Waals surface area contributed by atoms with E-state index in [0.717, 1.165) is 78.6 Å². The number of hydrogen-bond donors (Lipinski definition) is 22. The summed E-state index contributed by atoms with van der Waals surface area (Å²) in [5, 5.41) is 91.1. The summed E-state index contributed by atoms with van der Waals surface area (Å²) in [6.45, 7) is -7.81. The van der Waals surface area contributed by atoms with Crippen molar-refractivity contribution in [1.82, 2.24) is 87.2 Å². The van der Waals surface area contributed by atoms with E-state index in [2.05, 4.69) is 59.8 Å². The van der Waals surface area contributed by atoms with E-state index in [9.17, 15) is 117 Å². The Bertz CT molecular complexity index is 6260. The van der Waals surface area contributed by atoms with Crippen molar-refractivity contribution in [3.8, 4) is 0 Å². The molecular formula is C57H73N24O40P5. The van der Waals surface area contributed by atoms with E-state index in [1.807, 2.05) is 0 Å². The lowest BCUT2D eigenvalue weighted by molar-refractivity contribution is -0.0655. The number of aliphatic hydroxyl groups excluding tert-OH is 8. The molecule has 0 saturated carbocycles. The average molecular weight is 1890 g/mol. The molecule has 126 heavy (non-hydrogen) atoms. The first kappa shape index (κ1) is 91.2. The Kier molecular flexibility index (Phi) is 25.5. The molecule has 5 unspecified atom stereocenters. The molecule has 0 aromatic carbocycles. The van der Waals surface area contributed by atoms with Crippen molar-refractivity contribution < 1.29 is 162 Å². The van der Waals surface area contributed by atoms with Gasteiger partial charge in [0.25, 0.3) is 16.7 Å². The van der Waals surface area contributed by atoms with Crippen LogP contribution in [0.4, 0.5) is 35.3 Å². The van der Waals surface area contributed by atoms with Crippen LogP contribution in [0.1, 0.15) is 37.4 Å². The number of nitrogen functional groups attached to an aromatic ring is 6.